The molecule has 0 spiro atoms. The molecule has 0 saturated heterocycles. The molecule has 2 heterocycles. The van der Waals surface area contributed by atoms with Crippen LogP contribution in [-0.2, 0) is 0 Å². The van der Waals surface area contributed by atoms with Crippen LogP contribution in [0, 0.1) is 0 Å². The minimum absolute atomic E-state index is 0.231. The predicted molar refractivity (Wildman–Crippen MR) is 99.8 cm³/mol. The lowest BCUT2D eigenvalue weighted by Gasteiger charge is -2.11. The van der Waals surface area contributed by atoms with Crippen LogP contribution in [-0.4, -0.2) is 22.1 Å². The van der Waals surface area contributed by atoms with Gasteiger partial charge in [0.15, 0.2) is 0 Å². The Balaban J connectivity index is 1.65. The van der Waals surface area contributed by atoms with Crippen molar-refractivity contribution in [2.24, 2.45) is 0 Å². The van der Waals surface area contributed by atoms with Gasteiger partial charge in [0.05, 0.1) is 7.11 Å². The lowest BCUT2D eigenvalue weighted by Crippen LogP contribution is -1.96. The van der Waals surface area contributed by atoms with Gasteiger partial charge in [-0.05, 0) is 40.6 Å². The smallest absolute Gasteiger partial charge is 0.137 e. The maximum Gasteiger partial charge on any atom is 0.137 e. The Morgan fingerprint density at radius 1 is 0.960 bits per heavy atom. The van der Waals surface area contributed by atoms with Crippen molar-refractivity contribution in [2.45, 2.75) is 12.8 Å². The second-order valence-electron chi connectivity index (χ2n) is 6.12. The molecule has 4 rings (SSSR count). The summed E-state index contributed by atoms with van der Waals surface area (Å²) in [4.78, 5) is 12.0. The van der Waals surface area contributed by atoms with Crippen molar-refractivity contribution in [1.29, 1.82) is 0 Å². The van der Waals surface area contributed by atoms with Gasteiger partial charge in [-0.15, -0.1) is 0 Å². The van der Waals surface area contributed by atoms with Crippen molar-refractivity contribution >= 4 is 10.8 Å². The van der Waals surface area contributed by atoms with Crippen LogP contribution < -0.4 is 4.74 Å². The van der Waals surface area contributed by atoms with E-state index in [4.69, 9.17) is 4.74 Å². The first-order valence-corrected chi connectivity index (χ1v) is 8.27. The van der Waals surface area contributed by atoms with Gasteiger partial charge in [-0.25, -0.2) is 4.98 Å². The van der Waals surface area contributed by atoms with E-state index < -0.39 is 0 Å². The standard InChI is InChI=1S/C21H19N3O/c1-14(20-13-23-21(24-20)15-7-9-22-10-8-15)16-3-4-18-12-19(25-2)6-5-17(18)11-16/h3-14H,1-2H3,(H,23,24). The minimum Gasteiger partial charge on any atom is -0.497 e. The van der Waals surface area contributed by atoms with Gasteiger partial charge in [-0.2, -0.15) is 0 Å². The number of methoxy groups -OCH3 is 1. The molecule has 4 aromatic rings. The fourth-order valence-corrected chi connectivity index (χ4v) is 3.03. The number of rotatable bonds is 4. The van der Waals surface area contributed by atoms with Crippen LogP contribution in [0.1, 0.15) is 24.1 Å². The molecule has 2 aromatic heterocycles. The summed E-state index contributed by atoms with van der Waals surface area (Å²) in [7, 11) is 1.69. The van der Waals surface area contributed by atoms with Gasteiger partial charge in [0.25, 0.3) is 0 Å². The van der Waals surface area contributed by atoms with E-state index in [0.29, 0.717) is 0 Å². The van der Waals surface area contributed by atoms with Crippen molar-refractivity contribution in [3.8, 4) is 17.1 Å². The minimum atomic E-state index is 0.231. The van der Waals surface area contributed by atoms with Crippen LogP contribution in [0.4, 0.5) is 0 Å². The van der Waals surface area contributed by atoms with Crippen molar-refractivity contribution in [2.75, 3.05) is 7.11 Å². The number of pyridine rings is 1. The van der Waals surface area contributed by atoms with E-state index in [9.17, 15) is 0 Å². The Kier molecular flexibility index (Phi) is 3.94. The van der Waals surface area contributed by atoms with Crippen molar-refractivity contribution in [3.63, 3.8) is 0 Å². The summed E-state index contributed by atoms with van der Waals surface area (Å²) in [6, 6.07) is 16.6. The summed E-state index contributed by atoms with van der Waals surface area (Å²) >= 11 is 0. The Hall–Kier alpha value is -3.14. The molecule has 1 N–H and O–H groups in total. The number of nitrogens with zero attached hydrogens (tertiary/aromatic N) is 2. The molecular weight excluding hydrogens is 310 g/mol. The number of nitrogens with one attached hydrogen (secondary N) is 1. The summed E-state index contributed by atoms with van der Waals surface area (Å²) in [5, 5.41) is 2.39. The zero-order valence-electron chi connectivity index (χ0n) is 14.2. The second-order valence-corrected chi connectivity index (χ2v) is 6.12. The Morgan fingerprint density at radius 3 is 2.52 bits per heavy atom. The van der Waals surface area contributed by atoms with Crippen molar-refractivity contribution < 1.29 is 4.74 Å². The molecule has 25 heavy (non-hydrogen) atoms. The summed E-state index contributed by atoms with van der Waals surface area (Å²) in [6.45, 7) is 2.19. The highest BCUT2D eigenvalue weighted by Crippen LogP contribution is 2.29. The summed E-state index contributed by atoms with van der Waals surface area (Å²) in [5.41, 5.74) is 3.39. The summed E-state index contributed by atoms with van der Waals surface area (Å²) < 4.78 is 5.30. The number of aromatic amines is 1. The van der Waals surface area contributed by atoms with Gasteiger partial charge in [-0.1, -0.05) is 31.2 Å². The van der Waals surface area contributed by atoms with Crippen LogP contribution in [0.5, 0.6) is 5.75 Å². The summed E-state index contributed by atoms with van der Waals surface area (Å²) in [5.74, 6) is 1.98. The van der Waals surface area contributed by atoms with Gasteiger partial charge in [0, 0.05) is 35.8 Å². The van der Waals surface area contributed by atoms with Gasteiger partial charge < -0.3 is 9.72 Å². The van der Waals surface area contributed by atoms with Crippen LogP contribution >= 0.6 is 0 Å². The normalized spacial score (nSPS) is 12.2. The van der Waals surface area contributed by atoms with Crippen LogP contribution in [0.3, 0.4) is 0 Å². The third-order valence-electron chi connectivity index (χ3n) is 4.59. The number of imidazole rings is 1. The van der Waals surface area contributed by atoms with E-state index in [1.165, 1.54) is 16.3 Å². The average Bonchev–Trinajstić information content (AvgIpc) is 3.17. The molecule has 0 aliphatic carbocycles. The number of aromatic nitrogens is 3. The molecule has 0 fully saturated rings. The molecule has 0 radical (unpaired) electrons. The molecular formula is C21H19N3O. The lowest BCUT2D eigenvalue weighted by atomic mass is 9.95. The molecule has 0 amide bonds. The molecule has 2 aromatic carbocycles. The molecule has 4 nitrogen and oxygen atoms in total. The zero-order valence-corrected chi connectivity index (χ0v) is 14.2. The Bertz CT molecular complexity index is 1010. The van der Waals surface area contributed by atoms with E-state index in [1.54, 1.807) is 19.5 Å². The van der Waals surface area contributed by atoms with Gasteiger partial charge >= 0.3 is 0 Å². The molecule has 0 aliphatic rings. The molecule has 0 bridgehead atoms. The molecule has 124 valence electrons. The van der Waals surface area contributed by atoms with Crippen LogP contribution in [0.15, 0.2) is 67.1 Å². The van der Waals surface area contributed by atoms with Gasteiger partial charge in [0.1, 0.15) is 11.6 Å². The van der Waals surface area contributed by atoms with E-state index in [0.717, 1.165) is 22.8 Å². The topological polar surface area (TPSA) is 50.8 Å². The third-order valence-corrected chi connectivity index (χ3v) is 4.59. The fourth-order valence-electron chi connectivity index (χ4n) is 3.03. The highest BCUT2D eigenvalue weighted by Gasteiger charge is 2.13. The maximum atomic E-state index is 5.30. The number of fused-ring (bicyclic) bond motifs is 1. The Morgan fingerprint density at radius 2 is 1.72 bits per heavy atom. The van der Waals surface area contributed by atoms with E-state index in [1.807, 2.05) is 24.4 Å². The first-order valence-electron chi connectivity index (χ1n) is 8.27. The second kappa shape index (κ2) is 6.40. The molecule has 1 unspecified atom stereocenters. The first kappa shape index (κ1) is 15.4. The number of H-pyrrole nitrogens is 1. The highest BCUT2D eigenvalue weighted by atomic mass is 16.5. The number of benzene rings is 2. The SMILES string of the molecule is COc1ccc2cc(C(C)c3cnc(-c4ccncc4)[nH]3)ccc2c1. The van der Waals surface area contributed by atoms with Crippen LogP contribution in [0.2, 0.25) is 0 Å². The van der Waals surface area contributed by atoms with E-state index in [2.05, 4.69) is 52.2 Å². The number of ether oxygens (including phenoxy) is 1. The third kappa shape index (κ3) is 2.98. The molecule has 4 heteroatoms. The van der Waals surface area contributed by atoms with Crippen molar-refractivity contribution in [3.05, 3.63) is 78.4 Å². The zero-order chi connectivity index (χ0) is 17.2. The average molecular weight is 329 g/mol. The fraction of sp³-hybridized carbons (Fsp3) is 0.143. The molecule has 0 aliphatic heterocycles. The lowest BCUT2D eigenvalue weighted by molar-refractivity contribution is 0.415. The summed E-state index contributed by atoms with van der Waals surface area (Å²) in [6.07, 6.45) is 5.47. The van der Waals surface area contributed by atoms with Crippen LogP contribution in [0.25, 0.3) is 22.2 Å². The highest BCUT2D eigenvalue weighted by molar-refractivity contribution is 5.84. The largest absolute Gasteiger partial charge is 0.497 e. The monoisotopic (exact) mass is 329 g/mol. The Labute approximate surface area is 146 Å². The molecule has 1 atom stereocenters. The number of hydrogen-bond donors (Lipinski definition) is 1. The van der Waals surface area contributed by atoms with Gasteiger partial charge in [-0.3, -0.25) is 4.98 Å². The van der Waals surface area contributed by atoms with E-state index in [-0.39, 0.29) is 5.92 Å². The van der Waals surface area contributed by atoms with Crippen molar-refractivity contribution in [1.82, 2.24) is 15.0 Å². The molecule has 0 saturated carbocycles. The van der Waals surface area contributed by atoms with Gasteiger partial charge in [0.2, 0.25) is 0 Å². The maximum absolute atomic E-state index is 5.30. The predicted octanol–water partition coefficient (Wildman–Crippen LogP) is 4.79. The quantitative estimate of drug-likeness (QED) is 0.586. The first-order chi connectivity index (χ1) is 12.2. The number of hydrogen-bond acceptors (Lipinski definition) is 3. The van der Waals surface area contributed by atoms with E-state index >= 15 is 0 Å².